The monoisotopic (exact) mass is 442 g/mol. The minimum atomic E-state index is -3.54. The van der Waals surface area contributed by atoms with Crippen molar-refractivity contribution in [2.24, 2.45) is 17.8 Å². The van der Waals surface area contributed by atoms with E-state index in [0.29, 0.717) is 30.0 Å². The lowest BCUT2D eigenvalue weighted by atomic mass is 9.82. The first kappa shape index (κ1) is 22.1. The van der Waals surface area contributed by atoms with Crippen LogP contribution in [0.2, 0.25) is 0 Å². The highest BCUT2D eigenvalue weighted by atomic mass is 32.2. The maximum atomic E-state index is 12.5. The maximum absolute atomic E-state index is 12.5. The molecule has 0 radical (unpaired) electrons. The number of nitrogens with two attached hydrogens (primary N) is 1. The second-order valence-corrected chi connectivity index (χ2v) is 10.8. The summed E-state index contributed by atoms with van der Waals surface area (Å²) in [4.78, 5) is 0.174. The molecule has 31 heavy (non-hydrogen) atoms. The van der Waals surface area contributed by atoms with Crippen LogP contribution < -0.4 is 21.1 Å². The molecule has 0 spiro atoms. The van der Waals surface area contributed by atoms with Gasteiger partial charge in [0.15, 0.2) is 0 Å². The van der Waals surface area contributed by atoms with Gasteiger partial charge in [0.25, 0.3) is 0 Å². The lowest BCUT2D eigenvalue weighted by Gasteiger charge is -2.30. The fourth-order valence-corrected chi connectivity index (χ4v) is 6.06. The first-order chi connectivity index (χ1) is 15.0. The van der Waals surface area contributed by atoms with Gasteiger partial charge in [0, 0.05) is 18.8 Å². The lowest BCUT2D eigenvalue weighted by Crippen LogP contribution is -2.36. The molecule has 5 N–H and O–H groups in total. The molecule has 2 aromatic rings. The molecular weight excluding hydrogens is 408 g/mol. The van der Waals surface area contributed by atoms with Gasteiger partial charge in [-0.3, -0.25) is 0 Å². The number of fused-ring (bicyclic) bond motifs is 1. The molecule has 1 atom stereocenters. The van der Waals surface area contributed by atoms with Crippen LogP contribution in [-0.2, 0) is 16.4 Å². The van der Waals surface area contributed by atoms with E-state index < -0.39 is 10.0 Å². The predicted octanol–water partition coefficient (Wildman–Crippen LogP) is 3.23. The van der Waals surface area contributed by atoms with Gasteiger partial charge in [-0.05, 0) is 86.7 Å². The molecule has 1 fully saturated rings. The van der Waals surface area contributed by atoms with E-state index in [4.69, 9.17) is 5.73 Å². The number of benzene rings is 2. The Kier molecular flexibility index (Phi) is 7.15. The molecule has 6 nitrogen and oxygen atoms in total. The molecule has 1 aliphatic heterocycles. The van der Waals surface area contributed by atoms with Crippen molar-refractivity contribution >= 4 is 21.4 Å². The third-order valence-corrected chi connectivity index (χ3v) is 8.21. The molecule has 0 bridgehead atoms. The molecule has 2 aromatic carbocycles. The van der Waals surface area contributed by atoms with Gasteiger partial charge in [-0.15, -0.1) is 0 Å². The van der Waals surface area contributed by atoms with Crippen LogP contribution in [0.3, 0.4) is 0 Å². The van der Waals surface area contributed by atoms with Crippen LogP contribution in [0.25, 0.3) is 0 Å². The first-order valence-corrected chi connectivity index (χ1v) is 12.9. The van der Waals surface area contributed by atoms with E-state index >= 15 is 0 Å². The van der Waals surface area contributed by atoms with E-state index in [1.807, 2.05) is 0 Å². The Morgan fingerprint density at radius 2 is 1.52 bits per heavy atom. The number of anilines is 2. The van der Waals surface area contributed by atoms with E-state index in [1.165, 1.54) is 11.3 Å². The Balaban J connectivity index is 1.15. The number of nitrogens with one attached hydrogen (secondary N) is 3. The highest BCUT2D eigenvalue weighted by molar-refractivity contribution is 7.89. The summed E-state index contributed by atoms with van der Waals surface area (Å²) in [6.07, 6.45) is 5.57. The van der Waals surface area contributed by atoms with Gasteiger partial charge in [-0.25, -0.2) is 13.1 Å². The van der Waals surface area contributed by atoms with Gasteiger partial charge < -0.3 is 16.4 Å². The third kappa shape index (κ3) is 5.79. The molecule has 2 aliphatic rings. The second-order valence-electron chi connectivity index (χ2n) is 9.04. The molecule has 1 saturated carbocycles. The summed E-state index contributed by atoms with van der Waals surface area (Å²) in [6.45, 7) is 3.61. The number of hydrogen-bond acceptors (Lipinski definition) is 5. The van der Waals surface area contributed by atoms with Gasteiger partial charge in [0.05, 0.1) is 5.69 Å². The van der Waals surface area contributed by atoms with E-state index in [0.717, 1.165) is 51.7 Å². The fraction of sp³-hybridized carbons (Fsp3) is 0.500. The van der Waals surface area contributed by atoms with Gasteiger partial charge in [-0.2, -0.15) is 0 Å². The first-order valence-electron chi connectivity index (χ1n) is 11.4. The number of sulfonamides is 1. The molecule has 168 valence electrons. The van der Waals surface area contributed by atoms with Gasteiger partial charge in [-0.1, -0.05) is 30.3 Å². The highest BCUT2D eigenvalue weighted by Gasteiger charge is 2.24. The molecular formula is C24H34N4O2S. The Morgan fingerprint density at radius 3 is 2.29 bits per heavy atom. The number of nitrogen functional groups attached to an aromatic ring is 1. The second kappa shape index (κ2) is 10.0. The van der Waals surface area contributed by atoms with Crippen molar-refractivity contribution in [1.29, 1.82) is 0 Å². The van der Waals surface area contributed by atoms with Crippen molar-refractivity contribution in [3.8, 4) is 0 Å². The molecule has 7 heteroatoms. The van der Waals surface area contributed by atoms with Crippen LogP contribution in [0, 0.1) is 17.8 Å². The average Bonchev–Trinajstić information content (AvgIpc) is 2.79. The number of rotatable bonds is 8. The van der Waals surface area contributed by atoms with Crippen molar-refractivity contribution in [2.45, 2.75) is 37.0 Å². The standard InChI is InChI=1S/C24H34N4O2S/c25-22-6-2-4-8-24(22)31(29,30)28-17-19-11-9-18(10-12-19)14-26-15-20-13-21-5-1-3-7-23(21)27-16-20/h1-8,18-20,26-28H,9-17,25H2. The molecule has 1 unspecified atom stereocenters. The van der Waals surface area contributed by atoms with Crippen LogP contribution in [0.15, 0.2) is 53.4 Å². The average molecular weight is 443 g/mol. The Labute approximate surface area is 186 Å². The maximum Gasteiger partial charge on any atom is 0.242 e. The smallest absolute Gasteiger partial charge is 0.242 e. The minimum absolute atomic E-state index is 0.174. The minimum Gasteiger partial charge on any atom is -0.398 e. The van der Waals surface area contributed by atoms with Crippen molar-refractivity contribution in [2.75, 3.05) is 37.2 Å². The summed E-state index contributed by atoms with van der Waals surface area (Å²) in [7, 11) is -3.54. The number of para-hydroxylation sites is 2. The van der Waals surface area contributed by atoms with Crippen LogP contribution >= 0.6 is 0 Å². The Hall–Kier alpha value is -2.09. The topological polar surface area (TPSA) is 96.2 Å². The normalized spacial score (nSPS) is 23.7. The zero-order valence-corrected chi connectivity index (χ0v) is 18.8. The number of hydrogen-bond donors (Lipinski definition) is 4. The van der Waals surface area contributed by atoms with Crippen LogP contribution in [0.4, 0.5) is 11.4 Å². The van der Waals surface area contributed by atoms with Gasteiger partial charge in [0.2, 0.25) is 10.0 Å². The molecule has 4 rings (SSSR count). The molecule has 1 aliphatic carbocycles. The molecule has 1 heterocycles. The largest absolute Gasteiger partial charge is 0.398 e. The predicted molar refractivity (Wildman–Crippen MR) is 126 cm³/mol. The van der Waals surface area contributed by atoms with Crippen LogP contribution in [-0.4, -0.2) is 34.6 Å². The van der Waals surface area contributed by atoms with Gasteiger partial charge >= 0.3 is 0 Å². The third-order valence-electron chi connectivity index (χ3n) is 6.71. The van der Waals surface area contributed by atoms with Crippen molar-refractivity contribution in [3.05, 3.63) is 54.1 Å². The molecule has 0 aromatic heterocycles. The molecule has 0 saturated heterocycles. The molecule has 0 amide bonds. The van der Waals surface area contributed by atoms with E-state index in [2.05, 4.69) is 39.6 Å². The summed E-state index contributed by atoms with van der Waals surface area (Å²) in [5.41, 5.74) is 8.82. The summed E-state index contributed by atoms with van der Waals surface area (Å²) in [5.74, 6) is 1.71. The summed E-state index contributed by atoms with van der Waals surface area (Å²) >= 11 is 0. The van der Waals surface area contributed by atoms with E-state index in [-0.39, 0.29) is 4.90 Å². The summed E-state index contributed by atoms with van der Waals surface area (Å²) in [5, 5.41) is 7.23. The van der Waals surface area contributed by atoms with E-state index in [9.17, 15) is 8.42 Å². The van der Waals surface area contributed by atoms with Crippen LogP contribution in [0.1, 0.15) is 31.2 Å². The summed E-state index contributed by atoms with van der Waals surface area (Å²) in [6, 6.07) is 15.2. The Morgan fingerprint density at radius 1 is 0.871 bits per heavy atom. The zero-order valence-electron chi connectivity index (χ0n) is 18.0. The van der Waals surface area contributed by atoms with Gasteiger partial charge in [0.1, 0.15) is 4.90 Å². The summed E-state index contributed by atoms with van der Waals surface area (Å²) < 4.78 is 27.8. The lowest BCUT2D eigenvalue weighted by molar-refractivity contribution is 0.265. The Bertz CT molecular complexity index is 971. The highest BCUT2D eigenvalue weighted by Crippen LogP contribution is 2.29. The van der Waals surface area contributed by atoms with Crippen molar-refractivity contribution in [3.63, 3.8) is 0 Å². The van der Waals surface area contributed by atoms with E-state index in [1.54, 1.807) is 24.3 Å². The fourth-order valence-electron chi connectivity index (χ4n) is 4.81. The van der Waals surface area contributed by atoms with Crippen molar-refractivity contribution in [1.82, 2.24) is 10.0 Å². The SMILES string of the molecule is Nc1ccccc1S(=O)(=O)NCC1CCC(CNCC2CNc3ccccc3C2)CC1. The van der Waals surface area contributed by atoms with Crippen LogP contribution in [0.5, 0.6) is 0 Å². The zero-order chi connectivity index (χ0) is 21.7. The quantitative estimate of drug-likeness (QED) is 0.471. The van der Waals surface area contributed by atoms with Crippen molar-refractivity contribution < 1.29 is 8.42 Å².